The molecule has 0 unspecified atom stereocenters. The Morgan fingerprint density at radius 3 is 2.43 bits per heavy atom. The Morgan fingerprint density at radius 2 is 1.62 bits per heavy atom. The van der Waals surface area contributed by atoms with Gasteiger partial charge in [-0.1, -0.05) is 18.2 Å². The molecule has 1 heterocycles. The van der Waals surface area contributed by atoms with Crippen LogP contribution in [0.15, 0.2) is 36.5 Å². The predicted octanol–water partition coefficient (Wildman–Crippen LogP) is 2.29. The molecule has 0 spiro atoms. The standard InChI is InChI=1S/C16H21NO4/c1-18-6-7-19-8-9-20-10-11-21-15-12-14-4-2-3-5-16(14)17-13-15/h2-5,12-13H,6-11H2,1H3. The van der Waals surface area contributed by atoms with Crippen molar-refractivity contribution < 1.29 is 18.9 Å². The highest BCUT2D eigenvalue weighted by atomic mass is 16.6. The molecule has 0 aliphatic rings. The largest absolute Gasteiger partial charge is 0.490 e. The molecular weight excluding hydrogens is 270 g/mol. The van der Waals surface area contributed by atoms with Crippen LogP contribution in [0.25, 0.3) is 10.9 Å². The normalized spacial score (nSPS) is 10.9. The second kappa shape index (κ2) is 9.28. The van der Waals surface area contributed by atoms with Crippen LogP contribution >= 0.6 is 0 Å². The summed E-state index contributed by atoms with van der Waals surface area (Å²) in [7, 11) is 1.65. The van der Waals surface area contributed by atoms with E-state index in [4.69, 9.17) is 18.9 Å². The van der Waals surface area contributed by atoms with Gasteiger partial charge in [-0.3, -0.25) is 4.98 Å². The number of benzene rings is 1. The summed E-state index contributed by atoms with van der Waals surface area (Å²) < 4.78 is 21.2. The van der Waals surface area contributed by atoms with Gasteiger partial charge in [-0.05, 0) is 12.1 Å². The first kappa shape index (κ1) is 15.7. The van der Waals surface area contributed by atoms with Crippen molar-refractivity contribution in [3.8, 4) is 5.75 Å². The van der Waals surface area contributed by atoms with Crippen LogP contribution in [0.2, 0.25) is 0 Å². The van der Waals surface area contributed by atoms with E-state index in [1.165, 1.54) is 0 Å². The molecule has 0 saturated heterocycles. The lowest BCUT2D eigenvalue weighted by Gasteiger charge is -2.08. The number of para-hydroxylation sites is 1. The highest BCUT2D eigenvalue weighted by Gasteiger charge is 1.98. The molecule has 0 N–H and O–H groups in total. The molecule has 0 aliphatic heterocycles. The Labute approximate surface area is 124 Å². The fraction of sp³-hybridized carbons (Fsp3) is 0.438. The van der Waals surface area contributed by atoms with Gasteiger partial charge in [0.05, 0.1) is 44.7 Å². The van der Waals surface area contributed by atoms with Gasteiger partial charge in [0.15, 0.2) is 0 Å². The predicted molar refractivity (Wildman–Crippen MR) is 80.8 cm³/mol. The summed E-state index contributed by atoms with van der Waals surface area (Å²) in [5.74, 6) is 0.758. The number of nitrogens with zero attached hydrogens (tertiary/aromatic N) is 1. The maximum atomic E-state index is 5.61. The van der Waals surface area contributed by atoms with Gasteiger partial charge in [0.1, 0.15) is 12.4 Å². The van der Waals surface area contributed by atoms with Crippen molar-refractivity contribution in [2.24, 2.45) is 0 Å². The van der Waals surface area contributed by atoms with Crippen molar-refractivity contribution >= 4 is 10.9 Å². The molecule has 0 aliphatic carbocycles. The zero-order valence-electron chi connectivity index (χ0n) is 12.3. The Kier molecular flexibility index (Phi) is 6.94. The van der Waals surface area contributed by atoms with Crippen LogP contribution in [0.3, 0.4) is 0 Å². The fourth-order valence-corrected chi connectivity index (χ4v) is 1.81. The van der Waals surface area contributed by atoms with E-state index in [-0.39, 0.29) is 0 Å². The molecule has 1 aromatic heterocycles. The molecule has 0 amide bonds. The van der Waals surface area contributed by atoms with E-state index >= 15 is 0 Å². The number of hydrogen-bond donors (Lipinski definition) is 0. The first-order chi connectivity index (χ1) is 10.4. The Balaban J connectivity index is 1.59. The minimum absolute atomic E-state index is 0.498. The van der Waals surface area contributed by atoms with Crippen LogP contribution in [-0.2, 0) is 14.2 Å². The zero-order valence-corrected chi connectivity index (χ0v) is 12.3. The third-order valence-corrected chi connectivity index (χ3v) is 2.87. The minimum atomic E-state index is 0.498. The zero-order chi connectivity index (χ0) is 14.8. The summed E-state index contributed by atoms with van der Waals surface area (Å²) in [6.45, 7) is 3.36. The highest BCUT2D eigenvalue weighted by molar-refractivity contribution is 5.79. The summed E-state index contributed by atoms with van der Waals surface area (Å²) in [5.41, 5.74) is 0.967. The molecule has 0 fully saturated rings. The number of methoxy groups -OCH3 is 1. The van der Waals surface area contributed by atoms with E-state index in [1.807, 2.05) is 30.3 Å². The number of pyridine rings is 1. The lowest BCUT2D eigenvalue weighted by molar-refractivity contribution is 0.0179. The van der Waals surface area contributed by atoms with Gasteiger partial charge in [0.2, 0.25) is 0 Å². The van der Waals surface area contributed by atoms with Crippen LogP contribution < -0.4 is 4.74 Å². The number of rotatable bonds is 10. The van der Waals surface area contributed by atoms with Gasteiger partial charge in [-0.15, -0.1) is 0 Å². The lowest BCUT2D eigenvalue weighted by Crippen LogP contribution is -2.12. The minimum Gasteiger partial charge on any atom is -0.490 e. The van der Waals surface area contributed by atoms with Crippen LogP contribution in [0.1, 0.15) is 0 Å². The van der Waals surface area contributed by atoms with Crippen molar-refractivity contribution in [2.45, 2.75) is 0 Å². The molecule has 0 bridgehead atoms. The van der Waals surface area contributed by atoms with Crippen LogP contribution in [0.5, 0.6) is 5.75 Å². The van der Waals surface area contributed by atoms with Gasteiger partial charge >= 0.3 is 0 Å². The number of fused-ring (bicyclic) bond motifs is 1. The fourth-order valence-electron chi connectivity index (χ4n) is 1.81. The molecule has 2 rings (SSSR count). The SMILES string of the molecule is COCCOCCOCCOc1cnc2ccccc2c1. The number of aromatic nitrogens is 1. The van der Waals surface area contributed by atoms with E-state index in [0.29, 0.717) is 39.6 Å². The second-order valence-electron chi connectivity index (χ2n) is 4.43. The van der Waals surface area contributed by atoms with Crippen LogP contribution in [0.4, 0.5) is 0 Å². The van der Waals surface area contributed by atoms with Gasteiger partial charge in [0, 0.05) is 12.5 Å². The Morgan fingerprint density at radius 1 is 0.905 bits per heavy atom. The molecule has 5 heteroatoms. The van der Waals surface area contributed by atoms with Crippen molar-refractivity contribution in [1.82, 2.24) is 4.98 Å². The Bertz CT molecular complexity index is 532. The van der Waals surface area contributed by atoms with Gasteiger partial charge in [-0.2, -0.15) is 0 Å². The summed E-state index contributed by atoms with van der Waals surface area (Å²) >= 11 is 0. The molecule has 0 atom stereocenters. The molecule has 5 nitrogen and oxygen atoms in total. The molecule has 0 radical (unpaired) electrons. The van der Waals surface area contributed by atoms with Crippen LogP contribution in [-0.4, -0.2) is 51.7 Å². The topological polar surface area (TPSA) is 49.8 Å². The summed E-state index contributed by atoms with van der Waals surface area (Å²) in [6.07, 6.45) is 1.73. The van der Waals surface area contributed by atoms with E-state index in [0.717, 1.165) is 16.7 Å². The maximum Gasteiger partial charge on any atom is 0.138 e. The van der Waals surface area contributed by atoms with E-state index in [1.54, 1.807) is 13.3 Å². The average Bonchev–Trinajstić information content (AvgIpc) is 2.53. The number of ether oxygens (including phenoxy) is 4. The smallest absolute Gasteiger partial charge is 0.138 e. The van der Waals surface area contributed by atoms with Crippen molar-refractivity contribution in [2.75, 3.05) is 46.8 Å². The van der Waals surface area contributed by atoms with E-state index < -0.39 is 0 Å². The van der Waals surface area contributed by atoms with Crippen molar-refractivity contribution in [3.63, 3.8) is 0 Å². The monoisotopic (exact) mass is 291 g/mol. The summed E-state index contributed by atoms with van der Waals surface area (Å²) in [5, 5.41) is 1.07. The molecular formula is C16H21NO4. The third-order valence-electron chi connectivity index (χ3n) is 2.87. The molecule has 114 valence electrons. The maximum absolute atomic E-state index is 5.61. The Hall–Kier alpha value is -1.69. The van der Waals surface area contributed by atoms with Gasteiger partial charge < -0.3 is 18.9 Å². The van der Waals surface area contributed by atoms with Crippen molar-refractivity contribution in [1.29, 1.82) is 0 Å². The number of hydrogen-bond acceptors (Lipinski definition) is 5. The van der Waals surface area contributed by atoms with Crippen LogP contribution in [0, 0.1) is 0 Å². The van der Waals surface area contributed by atoms with Gasteiger partial charge in [0.25, 0.3) is 0 Å². The lowest BCUT2D eigenvalue weighted by atomic mass is 10.2. The molecule has 2 aromatic rings. The summed E-state index contributed by atoms with van der Waals surface area (Å²) in [4.78, 5) is 4.34. The quantitative estimate of drug-likeness (QED) is 0.629. The van der Waals surface area contributed by atoms with E-state index in [2.05, 4.69) is 4.98 Å². The first-order valence-corrected chi connectivity index (χ1v) is 7.02. The van der Waals surface area contributed by atoms with Gasteiger partial charge in [-0.25, -0.2) is 0 Å². The van der Waals surface area contributed by atoms with E-state index in [9.17, 15) is 0 Å². The molecule has 21 heavy (non-hydrogen) atoms. The summed E-state index contributed by atoms with van der Waals surface area (Å²) in [6, 6.07) is 9.93. The molecule has 1 aromatic carbocycles. The molecule has 0 saturated carbocycles. The third kappa shape index (κ3) is 5.67. The first-order valence-electron chi connectivity index (χ1n) is 7.02. The second-order valence-corrected chi connectivity index (χ2v) is 4.43. The van der Waals surface area contributed by atoms with Crippen molar-refractivity contribution in [3.05, 3.63) is 36.5 Å². The average molecular weight is 291 g/mol. The highest BCUT2D eigenvalue weighted by Crippen LogP contribution is 2.17.